The Bertz CT molecular complexity index is 558. The van der Waals surface area contributed by atoms with Crippen molar-refractivity contribution in [1.82, 2.24) is 5.32 Å². The molecule has 1 aromatic rings. The van der Waals surface area contributed by atoms with Gasteiger partial charge >= 0.3 is 11.9 Å². The number of nitrogens with one attached hydrogen (secondary N) is 1. The van der Waals surface area contributed by atoms with E-state index in [0.717, 1.165) is 0 Å². The van der Waals surface area contributed by atoms with Crippen molar-refractivity contribution in [3.63, 3.8) is 0 Å². The number of methoxy groups -OCH3 is 1. The molecule has 0 aliphatic rings. The number of rotatable bonds is 6. The van der Waals surface area contributed by atoms with Crippen LogP contribution in [0.3, 0.4) is 0 Å². The Hall–Kier alpha value is -2.08. The van der Waals surface area contributed by atoms with E-state index in [2.05, 4.69) is 10.1 Å². The van der Waals surface area contributed by atoms with E-state index in [0.29, 0.717) is 16.1 Å². The smallest absolute Gasteiger partial charge is 0.326 e. The van der Waals surface area contributed by atoms with Crippen LogP contribution < -0.4 is 5.32 Å². The van der Waals surface area contributed by atoms with Gasteiger partial charge in [-0.05, 0) is 37.1 Å². The lowest BCUT2D eigenvalue weighted by Gasteiger charge is -2.14. The first-order valence-electron chi connectivity index (χ1n) is 6.21. The highest BCUT2D eigenvalue weighted by Crippen LogP contribution is 2.16. The van der Waals surface area contributed by atoms with Crippen molar-refractivity contribution >= 4 is 29.4 Å². The Balaban J connectivity index is 2.74. The van der Waals surface area contributed by atoms with Gasteiger partial charge in [0.1, 0.15) is 6.04 Å². The topological polar surface area (TPSA) is 92.7 Å². The van der Waals surface area contributed by atoms with E-state index < -0.39 is 23.9 Å². The first-order chi connectivity index (χ1) is 9.85. The van der Waals surface area contributed by atoms with E-state index in [-0.39, 0.29) is 12.8 Å². The molecule has 0 aliphatic carbocycles. The number of amides is 1. The third-order valence-electron chi connectivity index (χ3n) is 2.89. The van der Waals surface area contributed by atoms with Gasteiger partial charge in [0.25, 0.3) is 5.91 Å². The summed E-state index contributed by atoms with van der Waals surface area (Å²) in [7, 11) is 1.22. The summed E-state index contributed by atoms with van der Waals surface area (Å²) in [6.07, 6.45) is -0.131. The molecule has 6 nitrogen and oxygen atoms in total. The minimum Gasteiger partial charge on any atom is -0.480 e. The minimum absolute atomic E-state index is 0.0414. The van der Waals surface area contributed by atoms with Gasteiger partial charge in [-0.2, -0.15) is 0 Å². The molecule has 2 N–H and O–H groups in total. The van der Waals surface area contributed by atoms with Crippen molar-refractivity contribution in [1.29, 1.82) is 0 Å². The van der Waals surface area contributed by atoms with E-state index in [1.54, 1.807) is 19.1 Å². The van der Waals surface area contributed by atoms with E-state index in [4.69, 9.17) is 16.7 Å². The first-order valence-corrected chi connectivity index (χ1v) is 6.59. The normalized spacial score (nSPS) is 11.6. The molecule has 0 fully saturated rings. The Labute approximate surface area is 127 Å². The van der Waals surface area contributed by atoms with Crippen molar-refractivity contribution in [3.8, 4) is 0 Å². The molecule has 0 heterocycles. The summed E-state index contributed by atoms with van der Waals surface area (Å²) in [5, 5.41) is 12.0. The van der Waals surface area contributed by atoms with Crippen LogP contribution in [0, 0.1) is 6.92 Å². The van der Waals surface area contributed by atoms with Gasteiger partial charge < -0.3 is 15.2 Å². The van der Waals surface area contributed by atoms with Gasteiger partial charge in [0, 0.05) is 17.0 Å². The second kappa shape index (κ2) is 7.64. The number of benzene rings is 1. The Morgan fingerprint density at radius 2 is 2.05 bits per heavy atom. The molecular formula is C14H16ClNO5. The molecule has 0 saturated heterocycles. The number of carboxylic acids is 1. The molecule has 21 heavy (non-hydrogen) atoms. The molecule has 0 saturated carbocycles. The highest BCUT2D eigenvalue weighted by Gasteiger charge is 2.22. The molecule has 114 valence electrons. The largest absolute Gasteiger partial charge is 0.480 e. The summed E-state index contributed by atoms with van der Waals surface area (Å²) in [5.41, 5.74) is 1.02. The molecule has 1 amide bonds. The number of ether oxygens (including phenoxy) is 1. The second-order valence-electron chi connectivity index (χ2n) is 4.44. The van der Waals surface area contributed by atoms with Gasteiger partial charge in [0.05, 0.1) is 7.11 Å². The molecule has 0 aromatic heterocycles. The molecule has 0 spiro atoms. The number of hydrogen-bond donors (Lipinski definition) is 2. The zero-order chi connectivity index (χ0) is 16.0. The summed E-state index contributed by atoms with van der Waals surface area (Å²) in [5.74, 6) is -2.28. The summed E-state index contributed by atoms with van der Waals surface area (Å²) >= 11 is 5.86. The van der Waals surface area contributed by atoms with Crippen LogP contribution >= 0.6 is 11.6 Å². The van der Waals surface area contributed by atoms with E-state index in [9.17, 15) is 14.4 Å². The lowest BCUT2D eigenvalue weighted by molar-refractivity contribution is -0.142. The lowest BCUT2D eigenvalue weighted by atomic mass is 10.1. The third-order valence-corrected chi connectivity index (χ3v) is 3.31. The fourth-order valence-electron chi connectivity index (χ4n) is 1.65. The van der Waals surface area contributed by atoms with E-state index in [1.807, 2.05) is 0 Å². The Kier molecular flexibility index (Phi) is 6.17. The average Bonchev–Trinajstić information content (AvgIpc) is 2.45. The van der Waals surface area contributed by atoms with Crippen molar-refractivity contribution in [3.05, 3.63) is 34.3 Å². The summed E-state index contributed by atoms with van der Waals surface area (Å²) in [4.78, 5) is 34.1. The number of carbonyl (C=O) groups is 3. The maximum atomic E-state index is 12.0. The number of carboxylic acid groups (broad SMARTS) is 1. The SMILES string of the molecule is COC(=O)CCC(NC(=O)c1ccc(Cl)c(C)c1)C(=O)O. The quantitative estimate of drug-likeness (QED) is 0.781. The van der Waals surface area contributed by atoms with Crippen molar-refractivity contribution in [2.45, 2.75) is 25.8 Å². The van der Waals surface area contributed by atoms with Gasteiger partial charge in [-0.15, -0.1) is 0 Å². The monoisotopic (exact) mass is 313 g/mol. The molecular weight excluding hydrogens is 298 g/mol. The number of halogens is 1. The zero-order valence-corrected chi connectivity index (χ0v) is 12.4. The number of aliphatic carboxylic acids is 1. The van der Waals surface area contributed by atoms with Crippen molar-refractivity contribution < 1.29 is 24.2 Å². The predicted molar refractivity (Wildman–Crippen MR) is 76.3 cm³/mol. The van der Waals surface area contributed by atoms with Gasteiger partial charge in [-0.25, -0.2) is 4.79 Å². The minimum atomic E-state index is -1.21. The van der Waals surface area contributed by atoms with Gasteiger partial charge in [0.2, 0.25) is 0 Å². The van der Waals surface area contributed by atoms with Crippen LogP contribution in [0.25, 0.3) is 0 Å². The molecule has 1 aromatic carbocycles. The third kappa shape index (κ3) is 5.07. The zero-order valence-electron chi connectivity index (χ0n) is 11.7. The lowest BCUT2D eigenvalue weighted by Crippen LogP contribution is -2.41. The summed E-state index contributed by atoms with van der Waals surface area (Å²) < 4.78 is 4.44. The van der Waals surface area contributed by atoms with Crippen LogP contribution in [0.4, 0.5) is 0 Å². The average molecular weight is 314 g/mol. The molecule has 1 atom stereocenters. The molecule has 7 heteroatoms. The van der Waals surface area contributed by atoms with Gasteiger partial charge in [-0.3, -0.25) is 9.59 Å². The van der Waals surface area contributed by atoms with E-state index >= 15 is 0 Å². The predicted octanol–water partition coefficient (Wildman–Crippen LogP) is 1.78. The highest BCUT2D eigenvalue weighted by molar-refractivity contribution is 6.31. The van der Waals surface area contributed by atoms with Crippen LogP contribution in [0.2, 0.25) is 5.02 Å². The first kappa shape index (κ1) is 17.0. The maximum Gasteiger partial charge on any atom is 0.326 e. The van der Waals surface area contributed by atoms with Crippen LogP contribution in [0.1, 0.15) is 28.8 Å². The highest BCUT2D eigenvalue weighted by atomic mass is 35.5. The van der Waals surface area contributed by atoms with Crippen LogP contribution in [-0.2, 0) is 14.3 Å². The number of esters is 1. The van der Waals surface area contributed by atoms with Crippen LogP contribution in [0.5, 0.6) is 0 Å². The maximum absolute atomic E-state index is 12.0. The molecule has 0 radical (unpaired) electrons. The molecule has 1 unspecified atom stereocenters. The molecule has 1 rings (SSSR count). The standard InChI is InChI=1S/C14H16ClNO5/c1-8-7-9(3-4-10(8)15)13(18)16-11(14(19)20)5-6-12(17)21-2/h3-4,7,11H,5-6H2,1-2H3,(H,16,18)(H,19,20). The summed E-state index contributed by atoms with van der Waals surface area (Å²) in [6, 6.07) is 3.48. The second-order valence-corrected chi connectivity index (χ2v) is 4.85. The van der Waals surface area contributed by atoms with Crippen LogP contribution in [0.15, 0.2) is 18.2 Å². The number of aryl methyl sites for hydroxylation is 1. The molecule has 0 bridgehead atoms. The Morgan fingerprint density at radius 1 is 1.38 bits per heavy atom. The summed E-state index contributed by atoms with van der Waals surface area (Å²) in [6.45, 7) is 1.74. The fourth-order valence-corrected chi connectivity index (χ4v) is 1.77. The number of carbonyl (C=O) groups excluding carboxylic acids is 2. The van der Waals surface area contributed by atoms with Gasteiger partial charge in [0.15, 0.2) is 0 Å². The number of hydrogen-bond acceptors (Lipinski definition) is 4. The van der Waals surface area contributed by atoms with Crippen molar-refractivity contribution in [2.75, 3.05) is 7.11 Å². The van der Waals surface area contributed by atoms with Crippen LogP contribution in [-0.4, -0.2) is 36.1 Å². The molecule has 0 aliphatic heterocycles. The van der Waals surface area contributed by atoms with Gasteiger partial charge in [-0.1, -0.05) is 11.6 Å². The van der Waals surface area contributed by atoms with Crippen molar-refractivity contribution in [2.24, 2.45) is 0 Å². The van der Waals surface area contributed by atoms with E-state index in [1.165, 1.54) is 13.2 Å². The Morgan fingerprint density at radius 3 is 2.57 bits per heavy atom. The fraction of sp³-hybridized carbons (Fsp3) is 0.357.